The Hall–Kier alpha value is -1.13. The molecule has 0 amide bonds. The lowest BCUT2D eigenvalue weighted by Crippen LogP contribution is -2.35. The number of nitrogens with zero attached hydrogens (tertiary/aromatic N) is 2. The molecule has 2 heterocycles. The van der Waals surface area contributed by atoms with Gasteiger partial charge in [0.1, 0.15) is 11.9 Å². The molecule has 0 spiro atoms. The predicted molar refractivity (Wildman–Crippen MR) is 77.5 cm³/mol. The van der Waals surface area contributed by atoms with Gasteiger partial charge in [0.15, 0.2) is 0 Å². The van der Waals surface area contributed by atoms with Crippen LogP contribution in [-0.2, 0) is 0 Å². The normalized spacial score (nSPS) is 19.3. The van der Waals surface area contributed by atoms with Gasteiger partial charge < -0.3 is 15.0 Å². The van der Waals surface area contributed by atoms with Crippen molar-refractivity contribution in [2.24, 2.45) is 0 Å². The molecule has 1 aromatic rings. The summed E-state index contributed by atoms with van der Waals surface area (Å²) in [6, 6.07) is 4.44. The number of hydrogen-bond donors (Lipinski definition) is 1. The van der Waals surface area contributed by atoms with Crippen LogP contribution in [-0.4, -0.2) is 43.2 Å². The Balaban J connectivity index is 1.91. The van der Waals surface area contributed by atoms with Gasteiger partial charge in [0.25, 0.3) is 0 Å². The molecule has 1 N–H and O–H groups in total. The zero-order valence-corrected chi connectivity index (χ0v) is 12.2. The first kappa shape index (κ1) is 14.3. The Morgan fingerprint density at radius 3 is 2.68 bits per heavy atom. The van der Waals surface area contributed by atoms with E-state index in [1.54, 1.807) is 0 Å². The second-order valence-corrected chi connectivity index (χ2v) is 5.29. The molecule has 0 saturated carbocycles. The van der Waals surface area contributed by atoms with E-state index in [2.05, 4.69) is 35.2 Å². The first-order chi connectivity index (χ1) is 9.22. The van der Waals surface area contributed by atoms with Crippen molar-refractivity contribution in [2.45, 2.75) is 38.3 Å². The summed E-state index contributed by atoms with van der Waals surface area (Å²) in [6.07, 6.45) is 5.44. The van der Waals surface area contributed by atoms with E-state index in [0.717, 1.165) is 43.8 Å². The number of hydrogen-bond acceptors (Lipinski definition) is 4. The van der Waals surface area contributed by atoms with Crippen molar-refractivity contribution in [1.29, 1.82) is 0 Å². The van der Waals surface area contributed by atoms with Gasteiger partial charge in [-0.25, -0.2) is 0 Å². The number of aromatic nitrogens is 1. The average Bonchev–Trinajstić information content (AvgIpc) is 2.44. The maximum atomic E-state index is 6.00. The number of pyridine rings is 1. The molecule has 2 rings (SSSR count). The minimum absolute atomic E-state index is 0.331. The molecule has 0 aromatic carbocycles. The fraction of sp³-hybridized carbons (Fsp3) is 0.667. The number of rotatable bonds is 5. The van der Waals surface area contributed by atoms with Gasteiger partial charge in [-0.2, -0.15) is 0 Å². The van der Waals surface area contributed by atoms with Crippen molar-refractivity contribution in [2.75, 3.05) is 27.2 Å². The fourth-order valence-electron chi connectivity index (χ4n) is 2.52. The van der Waals surface area contributed by atoms with Crippen LogP contribution in [0, 0.1) is 0 Å². The Morgan fingerprint density at radius 2 is 2.16 bits per heavy atom. The van der Waals surface area contributed by atoms with Gasteiger partial charge in [-0.05, 0) is 45.5 Å². The molecule has 0 bridgehead atoms. The molecular weight excluding hydrogens is 238 g/mol. The van der Waals surface area contributed by atoms with E-state index < -0.39 is 0 Å². The standard InChI is InChI=1S/C15H25N3O/c1-4-14(16-2)15-6-5-13(11-17-15)19-12-7-9-18(3)10-8-12/h5-6,11-12,14,16H,4,7-10H2,1-3H3. The summed E-state index contributed by atoms with van der Waals surface area (Å²) in [5.74, 6) is 0.893. The van der Waals surface area contributed by atoms with Gasteiger partial charge in [-0.15, -0.1) is 0 Å². The third-order valence-corrected chi connectivity index (χ3v) is 3.84. The van der Waals surface area contributed by atoms with E-state index >= 15 is 0 Å². The third kappa shape index (κ3) is 3.91. The molecule has 4 nitrogen and oxygen atoms in total. The van der Waals surface area contributed by atoms with Crippen LogP contribution in [0.3, 0.4) is 0 Å². The molecule has 1 fully saturated rings. The first-order valence-electron chi connectivity index (χ1n) is 7.21. The van der Waals surface area contributed by atoms with E-state index in [-0.39, 0.29) is 0 Å². The lowest BCUT2D eigenvalue weighted by Gasteiger charge is -2.29. The zero-order chi connectivity index (χ0) is 13.7. The quantitative estimate of drug-likeness (QED) is 0.884. The van der Waals surface area contributed by atoms with Gasteiger partial charge in [0.2, 0.25) is 0 Å². The van der Waals surface area contributed by atoms with Gasteiger partial charge >= 0.3 is 0 Å². The van der Waals surface area contributed by atoms with E-state index in [9.17, 15) is 0 Å². The number of piperidine rings is 1. The highest BCUT2D eigenvalue weighted by molar-refractivity contribution is 5.21. The first-order valence-corrected chi connectivity index (χ1v) is 7.21. The largest absolute Gasteiger partial charge is 0.489 e. The Kier molecular flexibility index (Phi) is 5.16. The van der Waals surface area contributed by atoms with Crippen LogP contribution < -0.4 is 10.1 Å². The second kappa shape index (κ2) is 6.87. The summed E-state index contributed by atoms with van der Waals surface area (Å²) in [5.41, 5.74) is 1.08. The van der Waals surface area contributed by atoms with Gasteiger partial charge in [-0.1, -0.05) is 6.92 Å². The molecule has 0 aliphatic carbocycles. The lowest BCUT2D eigenvalue weighted by molar-refractivity contribution is 0.114. The highest BCUT2D eigenvalue weighted by atomic mass is 16.5. The minimum Gasteiger partial charge on any atom is -0.489 e. The van der Waals surface area contributed by atoms with E-state index in [1.165, 1.54) is 0 Å². The summed E-state index contributed by atoms with van der Waals surface area (Å²) in [6.45, 7) is 4.40. The summed E-state index contributed by atoms with van der Waals surface area (Å²) < 4.78 is 6.00. The van der Waals surface area contributed by atoms with Gasteiger partial charge in [-0.3, -0.25) is 4.98 Å². The van der Waals surface area contributed by atoms with Crippen LogP contribution in [0.5, 0.6) is 5.75 Å². The van der Waals surface area contributed by atoms with E-state index in [0.29, 0.717) is 12.1 Å². The van der Waals surface area contributed by atoms with Crippen molar-refractivity contribution in [3.8, 4) is 5.75 Å². The number of ether oxygens (including phenoxy) is 1. The molecular formula is C15H25N3O. The van der Waals surface area contributed by atoms with Gasteiger partial charge in [0.05, 0.1) is 11.9 Å². The van der Waals surface area contributed by atoms with Crippen LogP contribution in [0.4, 0.5) is 0 Å². The van der Waals surface area contributed by atoms with Gasteiger partial charge in [0, 0.05) is 19.1 Å². The highest BCUT2D eigenvalue weighted by Crippen LogP contribution is 2.20. The Labute approximate surface area is 116 Å². The van der Waals surface area contributed by atoms with Crippen LogP contribution in [0.25, 0.3) is 0 Å². The van der Waals surface area contributed by atoms with Crippen molar-refractivity contribution >= 4 is 0 Å². The predicted octanol–water partition coefficient (Wildman–Crippen LogP) is 2.23. The topological polar surface area (TPSA) is 37.4 Å². The van der Waals surface area contributed by atoms with Crippen molar-refractivity contribution in [1.82, 2.24) is 15.2 Å². The summed E-state index contributed by atoms with van der Waals surface area (Å²) >= 11 is 0. The van der Waals surface area contributed by atoms with Crippen molar-refractivity contribution in [3.05, 3.63) is 24.0 Å². The summed E-state index contributed by atoms with van der Waals surface area (Å²) in [4.78, 5) is 6.85. The second-order valence-electron chi connectivity index (χ2n) is 5.29. The summed E-state index contributed by atoms with van der Waals surface area (Å²) in [5, 5.41) is 3.26. The van der Waals surface area contributed by atoms with E-state index in [1.807, 2.05) is 19.3 Å². The lowest BCUT2D eigenvalue weighted by atomic mass is 10.1. The molecule has 106 valence electrons. The zero-order valence-electron chi connectivity index (χ0n) is 12.2. The van der Waals surface area contributed by atoms with Crippen LogP contribution in [0.15, 0.2) is 18.3 Å². The van der Waals surface area contributed by atoms with Crippen LogP contribution in [0.1, 0.15) is 37.9 Å². The SMILES string of the molecule is CCC(NC)c1ccc(OC2CCN(C)CC2)cn1. The van der Waals surface area contributed by atoms with Crippen LogP contribution >= 0.6 is 0 Å². The van der Waals surface area contributed by atoms with E-state index in [4.69, 9.17) is 4.74 Å². The molecule has 1 aromatic heterocycles. The maximum absolute atomic E-state index is 6.00. The molecule has 1 atom stereocenters. The Bertz CT molecular complexity index is 367. The Morgan fingerprint density at radius 1 is 1.42 bits per heavy atom. The van der Waals surface area contributed by atoms with Crippen molar-refractivity contribution in [3.63, 3.8) is 0 Å². The fourth-order valence-corrected chi connectivity index (χ4v) is 2.52. The maximum Gasteiger partial charge on any atom is 0.138 e. The number of likely N-dealkylation sites (tertiary alicyclic amines) is 1. The van der Waals surface area contributed by atoms with Crippen molar-refractivity contribution < 1.29 is 4.74 Å². The molecule has 4 heteroatoms. The minimum atomic E-state index is 0.331. The molecule has 1 saturated heterocycles. The molecule has 1 aliphatic rings. The highest BCUT2D eigenvalue weighted by Gasteiger charge is 2.18. The molecule has 19 heavy (non-hydrogen) atoms. The average molecular weight is 263 g/mol. The smallest absolute Gasteiger partial charge is 0.138 e. The van der Waals surface area contributed by atoms with Crippen LogP contribution in [0.2, 0.25) is 0 Å². The summed E-state index contributed by atoms with van der Waals surface area (Å²) in [7, 11) is 4.13. The third-order valence-electron chi connectivity index (χ3n) is 3.84. The molecule has 0 radical (unpaired) electrons. The molecule has 1 aliphatic heterocycles. The monoisotopic (exact) mass is 263 g/mol. The number of nitrogens with one attached hydrogen (secondary N) is 1. The molecule has 1 unspecified atom stereocenters.